The van der Waals surface area contributed by atoms with E-state index >= 15 is 0 Å². The molecule has 1 fully saturated rings. The Morgan fingerprint density at radius 1 is 1.42 bits per heavy atom. The molecule has 1 aliphatic rings. The molecule has 19 heavy (non-hydrogen) atoms. The number of pyridine rings is 1. The van der Waals surface area contributed by atoms with Crippen molar-refractivity contribution in [3.05, 3.63) is 29.0 Å². The van der Waals surface area contributed by atoms with Gasteiger partial charge in [-0.25, -0.2) is 0 Å². The van der Waals surface area contributed by atoms with Crippen LogP contribution < -0.4 is 5.32 Å². The van der Waals surface area contributed by atoms with E-state index in [2.05, 4.69) is 10.3 Å². The predicted octanol–water partition coefficient (Wildman–Crippen LogP) is 2.11. The third kappa shape index (κ3) is 3.04. The van der Waals surface area contributed by atoms with Gasteiger partial charge in [0.05, 0.1) is 5.41 Å². The van der Waals surface area contributed by atoms with Crippen LogP contribution in [0.3, 0.4) is 0 Å². The summed E-state index contributed by atoms with van der Waals surface area (Å²) in [5.41, 5.74) is -0.625. The molecule has 0 saturated heterocycles. The van der Waals surface area contributed by atoms with Crippen molar-refractivity contribution in [1.29, 1.82) is 0 Å². The lowest BCUT2D eigenvalue weighted by atomic mass is 9.86. The van der Waals surface area contributed by atoms with Crippen molar-refractivity contribution in [2.45, 2.75) is 25.7 Å². The molecule has 6 heteroatoms. The number of hydrogen-bond donors (Lipinski definition) is 2. The van der Waals surface area contributed by atoms with E-state index in [0.29, 0.717) is 17.9 Å². The number of nitrogens with one attached hydrogen (secondary N) is 1. The van der Waals surface area contributed by atoms with Crippen LogP contribution in [-0.4, -0.2) is 28.5 Å². The predicted molar refractivity (Wildman–Crippen MR) is 70.1 cm³/mol. The van der Waals surface area contributed by atoms with E-state index in [1.807, 2.05) is 0 Å². The first kappa shape index (κ1) is 13.8. The summed E-state index contributed by atoms with van der Waals surface area (Å²) in [5, 5.41) is 12.4. The number of rotatable bonds is 4. The Kier molecular flexibility index (Phi) is 4.04. The van der Waals surface area contributed by atoms with Crippen LogP contribution in [-0.2, 0) is 4.79 Å². The quantitative estimate of drug-likeness (QED) is 0.886. The van der Waals surface area contributed by atoms with E-state index in [0.717, 1.165) is 12.8 Å². The fourth-order valence-corrected chi connectivity index (χ4v) is 2.55. The molecule has 5 nitrogen and oxygen atoms in total. The normalized spacial score (nSPS) is 17.1. The summed E-state index contributed by atoms with van der Waals surface area (Å²) < 4.78 is 0. The van der Waals surface area contributed by atoms with Crippen molar-refractivity contribution < 1.29 is 14.7 Å². The van der Waals surface area contributed by atoms with Crippen LogP contribution in [0.4, 0.5) is 0 Å². The van der Waals surface area contributed by atoms with Gasteiger partial charge < -0.3 is 10.4 Å². The number of hydrogen-bond acceptors (Lipinski definition) is 3. The fourth-order valence-electron chi connectivity index (χ4n) is 2.39. The number of carboxylic acids is 1. The summed E-state index contributed by atoms with van der Waals surface area (Å²) in [6.45, 7) is 0.134. The molecule has 0 atom stereocenters. The number of aliphatic carboxylic acids is 1. The molecule has 0 spiro atoms. The van der Waals surface area contributed by atoms with E-state index in [1.54, 1.807) is 6.07 Å². The Balaban J connectivity index is 2.02. The molecule has 0 aliphatic heterocycles. The molecular weight excluding hydrogens is 268 g/mol. The van der Waals surface area contributed by atoms with Crippen LogP contribution >= 0.6 is 11.6 Å². The number of carbonyl (C=O) groups excluding carboxylic acids is 1. The summed E-state index contributed by atoms with van der Waals surface area (Å²) in [7, 11) is 0. The van der Waals surface area contributed by atoms with Gasteiger partial charge in [0.15, 0.2) is 0 Å². The van der Waals surface area contributed by atoms with Crippen molar-refractivity contribution in [3.8, 4) is 0 Å². The first-order chi connectivity index (χ1) is 9.03. The maximum absolute atomic E-state index is 11.9. The minimum Gasteiger partial charge on any atom is -0.481 e. The zero-order valence-electron chi connectivity index (χ0n) is 10.4. The highest BCUT2D eigenvalue weighted by Crippen LogP contribution is 2.37. The van der Waals surface area contributed by atoms with Crippen molar-refractivity contribution in [2.24, 2.45) is 5.41 Å². The van der Waals surface area contributed by atoms with Gasteiger partial charge in [0.25, 0.3) is 5.91 Å². The Hall–Kier alpha value is -1.62. The standard InChI is InChI=1S/C13H15ClN2O3/c14-9-3-6-15-10(7-9)11(17)16-8-13(12(18)19)4-1-2-5-13/h3,6-7H,1-2,4-5,8H2,(H,16,17)(H,18,19). The van der Waals surface area contributed by atoms with Gasteiger partial charge in [-0.1, -0.05) is 24.4 Å². The van der Waals surface area contributed by atoms with Crippen molar-refractivity contribution >= 4 is 23.5 Å². The fraction of sp³-hybridized carbons (Fsp3) is 0.462. The summed E-state index contributed by atoms with van der Waals surface area (Å²) in [5.74, 6) is -1.24. The number of aromatic nitrogens is 1. The molecule has 0 aromatic carbocycles. The Bertz CT molecular complexity index is 498. The number of halogens is 1. The second-order valence-corrected chi connectivity index (χ2v) is 5.27. The molecule has 1 amide bonds. The molecule has 1 aliphatic carbocycles. The minimum absolute atomic E-state index is 0.134. The van der Waals surface area contributed by atoms with E-state index < -0.39 is 17.3 Å². The monoisotopic (exact) mass is 282 g/mol. The average molecular weight is 283 g/mol. The summed E-state index contributed by atoms with van der Waals surface area (Å²) in [6.07, 6.45) is 4.42. The van der Waals surface area contributed by atoms with Gasteiger partial charge in [0.1, 0.15) is 5.69 Å². The molecule has 2 N–H and O–H groups in total. The summed E-state index contributed by atoms with van der Waals surface area (Å²) in [6, 6.07) is 3.03. The summed E-state index contributed by atoms with van der Waals surface area (Å²) in [4.78, 5) is 27.1. The first-order valence-electron chi connectivity index (χ1n) is 6.17. The van der Waals surface area contributed by atoms with Gasteiger partial charge in [-0.15, -0.1) is 0 Å². The Morgan fingerprint density at radius 3 is 2.68 bits per heavy atom. The molecule has 0 bridgehead atoms. The topological polar surface area (TPSA) is 79.3 Å². The lowest BCUT2D eigenvalue weighted by Gasteiger charge is -2.23. The smallest absolute Gasteiger partial charge is 0.311 e. The van der Waals surface area contributed by atoms with Crippen LogP contribution in [0.1, 0.15) is 36.2 Å². The molecule has 1 saturated carbocycles. The molecule has 102 valence electrons. The van der Waals surface area contributed by atoms with Crippen LogP contribution in [0.15, 0.2) is 18.3 Å². The highest BCUT2D eigenvalue weighted by atomic mass is 35.5. The SMILES string of the molecule is O=C(NCC1(C(=O)O)CCCC1)c1cc(Cl)ccn1. The third-order valence-corrected chi connectivity index (χ3v) is 3.79. The third-order valence-electron chi connectivity index (χ3n) is 3.56. The van der Waals surface area contributed by atoms with Crippen LogP contribution in [0, 0.1) is 5.41 Å². The number of carbonyl (C=O) groups is 2. The molecule has 1 aromatic heterocycles. The van der Waals surface area contributed by atoms with Crippen LogP contribution in [0.2, 0.25) is 5.02 Å². The van der Waals surface area contributed by atoms with Crippen molar-refractivity contribution in [2.75, 3.05) is 6.54 Å². The van der Waals surface area contributed by atoms with Gasteiger partial charge in [0.2, 0.25) is 0 Å². The second kappa shape index (κ2) is 5.57. The first-order valence-corrected chi connectivity index (χ1v) is 6.54. The van der Waals surface area contributed by atoms with E-state index in [4.69, 9.17) is 11.6 Å². The van der Waals surface area contributed by atoms with E-state index in [-0.39, 0.29) is 12.2 Å². The zero-order chi connectivity index (χ0) is 13.9. The van der Waals surface area contributed by atoms with Gasteiger partial charge >= 0.3 is 5.97 Å². The maximum atomic E-state index is 11.9. The lowest BCUT2D eigenvalue weighted by molar-refractivity contribution is -0.148. The molecule has 2 rings (SSSR count). The van der Waals surface area contributed by atoms with Crippen LogP contribution in [0.5, 0.6) is 0 Å². The Morgan fingerprint density at radius 2 is 2.11 bits per heavy atom. The second-order valence-electron chi connectivity index (χ2n) is 4.83. The van der Waals surface area contributed by atoms with Gasteiger partial charge in [-0.3, -0.25) is 14.6 Å². The molecule has 0 radical (unpaired) electrons. The number of amides is 1. The highest BCUT2D eigenvalue weighted by molar-refractivity contribution is 6.30. The Labute approximate surface area is 116 Å². The largest absolute Gasteiger partial charge is 0.481 e. The average Bonchev–Trinajstić information content (AvgIpc) is 2.86. The summed E-state index contributed by atoms with van der Waals surface area (Å²) >= 11 is 5.78. The van der Waals surface area contributed by atoms with Crippen molar-refractivity contribution in [3.63, 3.8) is 0 Å². The van der Waals surface area contributed by atoms with Gasteiger partial charge in [-0.2, -0.15) is 0 Å². The number of nitrogens with zero attached hydrogens (tertiary/aromatic N) is 1. The molecular formula is C13H15ClN2O3. The van der Waals surface area contributed by atoms with E-state index in [1.165, 1.54) is 12.3 Å². The minimum atomic E-state index is -0.843. The maximum Gasteiger partial charge on any atom is 0.311 e. The van der Waals surface area contributed by atoms with Crippen LogP contribution in [0.25, 0.3) is 0 Å². The molecule has 0 unspecified atom stereocenters. The van der Waals surface area contributed by atoms with Gasteiger partial charge in [-0.05, 0) is 25.0 Å². The molecule has 1 aromatic rings. The zero-order valence-corrected chi connectivity index (χ0v) is 11.1. The highest BCUT2D eigenvalue weighted by Gasteiger charge is 2.41. The number of carboxylic acid groups (broad SMARTS) is 1. The lowest BCUT2D eigenvalue weighted by Crippen LogP contribution is -2.41. The molecule has 1 heterocycles. The van der Waals surface area contributed by atoms with E-state index in [9.17, 15) is 14.7 Å². The van der Waals surface area contributed by atoms with Crippen molar-refractivity contribution in [1.82, 2.24) is 10.3 Å². The van der Waals surface area contributed by atoms with Gasteiger partial charge in [0, 0.05) is 17.8 Å².